The molecule has 0 spiro atoms. The predicted octanol–water partition coefficient (Wildman–Crippen LogP) is 2.72. The normalized spacial score (nSPS) is 34.8. The van der Waals surface area contributed by atoms with Crippen LogP contribution in [0.5, 0.6) is 0 Å². The number of likely N-dealkylation sites (N-methyl/N-ethyl adjacent to an activating group) is 1. The number of hydrogen-bond donors (Lipinski definition) is 1. The van der Waals surface area contributed by atoms with Crippen LogP contribution >= 0.6 is 0 Å². The van der Waals surface area contributed by atoms with Gasteiger partial charge in [-0.1, -0.05) is 19.3 Å². The number of ether oxygens (including phenoxy) is 1. The molecule has 1 aliphatic heterocycles. The molecule has 0 bridgehead atoms. The summed E-state index contributed by atoms with van der Waals surface area (Å²) in [6.07, 6.45) is 9.44. The Hall–Kier alpha value is -0.0800. The van der Waals surface area contributed by atoms with Crippen LogP contribution in [0.4, 0.5) is 0 Å². The second-order valence-corrected chi connectivity index (χ2v) is 5.49. The Morgan fingerprint density at radius 1 is 1.33 bits per heavy atom. The van der Waals surface area contributed by atoms with Crippen molar-refractivity contribution in [1.29, 1.82) is 0 Å². The minimum Gasteiger partial charge on any atom is -0.374 e. The zero-order valence-corrected chi connectivity index (χ0v) is 10.2. The summed E-state index contributed by atoms with van der Waals surface area (Å²) in [5.41, 5.74) is 0.0998. The lowest BCUT2D eigenvalue weighted by molar-refractivity contribution is -0.0930. The molecule has 2 rings (SSSR count). The van der Waals surface area contributed by atoms with Crippen LogP contribution in [0.15, 0.2) is 0 Å². The predicted molar refractivity (Wildman–Crippen MR) is 63.0 cm³/mol. The van der Waals surface area contributed by atoms with E-state index in [1.165, 1.54) is 44.9 Å². The third-order valence-corrected chi connectivity index (χ3v) is 4.38. The lowest BCUT2D eigenvalue weighted by Crippen LogP contribution is -2.52. The van der Waals surface area contributed by atoms with E-state index in [9.17, 15) is 0 Å². The van der Waals surface area contributed by atoms with Gasteiger partial charge < -0.3 is 10.1 Å². The van der Waals surface area contributed by atoms with Crippen LogP contribution in [0.1, 0.15) is 51.9 Å². The Kier molecular flexibility index (Phi) is 3.68. The van der Waals surface area contributed by atoms with Crippen molar-refractivity contribution in [3.63, 3.8) is 0 Å². The van der Waals surface area contributed by atoms with Crippen molar-refractivity contribution in [2.75, 3.05) is 13.7 Å². The van der Waals surface area contributed by atoms with Crippen LogP contribution in [-0.4, -0.2) is 25.3 Å². The maximum atomic E-state index is 6.03. The highest BCUT2D eigenvalue weighted by Gasteiger charge is 2.37. The van der Waals surface area contributed by atoms with Gasteiger partial charge in [0.15, 0.2) is 0 Å². The van der Waals surface area contributed by atoms with Crippen LogP contribution < -0.4 is 5.32 Å². The summed E-state index contributed by atoms with van der Waals surface area (Å²) < 4.78 is 6.03. The van der Waals surface area contributed by atoms with Gasteiger partial charge in [0.05, 0.1) is 5.60 Å². The van der Waals surface area contributed by atoms with Gasteiger partial charge in [-0.2, -0.15) is 0 Å². The number of hydrogen-bond acceptors (Lipinski definition) is 2. The first kappa shape index (κ1) is 11.4. The topological polar surface area (TPSA) is 21.3 Å². The van der Waals surface area contributed by atoms with Gasteiger partial charge in [-0.15, -0.1) is 0 Å². The first-order chi connectivity index (χ1) is 7.24. The molecule has 2 aliphatic rings. The molecule has 88 valence electrons. The van der Waals surface area contributed by atoms with Crippen LogP contribution in [0.2, 0.25) is 0 Å². The van der Waals surface area contributed by atoms with E-state index < -0.39 is 0 Å². The highest BCUT2D eigenvalue weighted by molar-refractivity contribution is 4.93. The van der Waals surface area contributed by atoms with E-state index >= 15 is 0 Å². The van der Waals surface area contributed by atoms with Crippen molar-refractivity contribution >= 4 is 0 Å². The molecular formula is C13H25NO. The summed E-state index contributed by atoms with van der Waals surface area (Å²) in [5, 5.41) is 3.49. The van der Waals surface area contributed by atoms with Gasteiger partial charge in [0.25, 0.3) is 0 Å². The van der Waals surface area contributed by atoms with Crippen molar-refractivity contribution in [3.05, 3.63) is 0 Å². The lowest BCUT2D eigenvalue weighted by Gasteiger charge is -2.43. The highest BCUT2D eigenvalue weighted by atomic mass is 16.5. The summed E-state index contributed by atoms with van der Waals surface area (Å²) in [5.74, 6) is 0.963. The molecule has 0 aromatic rings. The molecule has 0 aromatic carbocycles. The summed E-state index contributed by atoms with van der Waals surface area (Å²) in [7, 11) is 2.09. The van der Waals surface area contributed by atoms with Gasteiger partial charge in [-0.25, -0.2) is 0 Å². The van der Waals surface area contributed by atoms with E-state index in [4.69, 9.17) is 4.74 Å². The molecule has 2 nitrogen and oxygen atoms in total. The third kappa shape index (κ3) is 2.54. The van der Waals surface area contributed by atoms with E-state index in [-0.39, 0.29) is 5.60 Å². The molecule has 0 amide bonds. The minimum absolute atomic E-state index is 0.0998. The molecule has 15 heavy (non-hydrogen) atoms. The average molecular weight is 211 g/mol. The van der Waals surface area contributed by atoms with Crippen LogP contribution in [0.25, 0.3) is 0 Å². The quantitative estimate of drug-likeness (QED) is 0.772. The Morgan fingerprint density at radius 3 is 2.60 bits per heavy atom. The zero-order chi connectivity index (χ0) is 10.7. The second kappa shape index (κ2) is 4.84. The van der Waals surface area contributed by atoms with Gasteiger partial charge in [-0.3, -0.25) is 0 Å². The SMILES string of the molecule is CNC(CC1CCC1)C1(C)CCCCO1. The molecule has 2 unspecified atom stereocenters. The maximum absolute atomic E-state index is 6.03. The van der Waals surface area contributed by atoms with Gasteiger partial charge in [-0.05, 0) is 45.6 Å². The Balaban J connectivity index is 1.90. The molecule has 1 aliphatic carbocycles. The highest BCUT2D eigenvalue weighted by Crippen LogP contribution is 2.36. The van der Waals surface area contributed by atoms with Gasteiger partial charge in [0, 0.05) is 12.6 Å². The molecule has 0 aromatic heterocycles. The Bertz CT molecular complexity index is 195. The van der Waals surface area contributed by atoms with Gasteiger partial charge >= 0.3 is 0 Å². The van der Waals surface area contributed by atoms with Crippen LogP contribution in [0.3, 0.4) is 0 Å². The smallest absolute Gasteiger partial charge is 0.0806 e. The number of nitrogens with one attached hydrogen (secondary N) is 1. The van der Waals surface area contributed by atoms with Crippen molar-refractivity contribution in [3.8, 4) is 0 Å². The fourth-order valence-corrected chi connectivity index (χ4v) is 2.96. The van der Waals surface area contributed by atoms with Gasteiger partial charge in [0.1, 0.15) is 0 Å². The Morgan fingerprint density at radius 2 is 2.13 bits per heavy atom. The largest absolute Gasteiger partial charge is 0.374 e. The minimum atomic E-state index is 0.0998. The lowest BCUT2D eigenvalue weighted by atomic mass is 9.76. The molecule has 2 heteroatoms. The van der Waals surface area contributed by atoms with Crippen molar-refractivity contribution in [2.45, 2.75) is 63.5 Å². The van der Waals surface area contributed by atoms with Crippen LogP contribution in [-0.2, 0) is 4.74 Å². The van der Waals surface area contributed by atoms with Crippen molar-refractivity contribution < 1.29 is 4.74 Å². The molecule has 1 N–H and O–H groups in total. The molecule has 2 atom stereocenters. The standard InChI is InChI=1S/C13H25NO/c1-13(8-3-4-9-15-13)12(14-2)10-11-6-5-7-11/h11-12,14H,3-10H2,1-2H3. The monoisotopic (exact) mass is 211 g/mol. The van der Waals surface area contributed by atoms with E-state index in [1.54, 1.807) is 0 Å². The molecule has 1 heterocycles. The van der Waals surface area contributed by atoms with E-state index in [0.29, 0.717) is 6.04 Å². The molecule has 1 saturated heterocycles. The third-order valence-electron chi connectivity index (χ3n) is 4.38. The molecular weight excluding hydrogens is 186 g/mol. The fourth-order valence-electron chi connectivity index (χ4n) is 2.96. The fraction of sp³-hybridized carbons (Fsp3) is 1.00. The summed E-state index contributed by atoms with van der Waals surface area (Å²) in [6, 6.07) is 0.558. The van der Waals surface area contributed by atoms with Crippen molar-refractivity contribution in [2.24, 2.45) is 5.92 Å². The first-order valence-electron chi connectivity index (χ1n) is 6.56. The molecule has 1 saturated carbocycles. The zero-order valence-electron chi connectivity index (χ0n) is 10.2. The van der Waals surface area contributed by atoms with E-state index in [1.807, 2.05) is 0 Å². The maximum Gasteiger partial charge on any atom is 0.0806 e. The average Bonchev–Trinajstić information content (AvgIpc) is 2.17. The summed E-state index contributed by atoms with van der Waals surface area (Å²) in [6.45, 7) is 3.26. The van der Waals surface area contributed by atoms with E-state index in [2.05, 4.69) is 19.3 Å². The first-order valence-corrected chi connectivity index (χ1v) is 6.56. The molecule has 0 radical (unpaired) electrons. The van der Waals surface area contributed by atoms with Crippen LogP contribution in [0, 0.1) is 5.92 Å². The summed E-state index contributed by atoms with van der Waals surface area (Å²) in [4.78, 5) is 0. The number of rotatable bonds is 4. The Labute approximate surface area is 93.8 Å². The second-order valence-electron chi connectivity index (χ2n) is 5.49. The molecule has 2 fully saturated rings. The van der Waals surface area contributed by atoms with Gasteiger partial charge in [0.2, 0.25) is 0 Å². The van der Waals surface area contributed by atoms with E-state index in [0.717, 1.165) is 12.5 Å². The summed E-state index contributed by atoms with van der Waals surface area (Å²) >= 11 is 0. The van der Waals surface area contributed by atoms with Crippen molar-refractivity contribution in [1.82, 2.24) is 5.32 Å².